The summed E-state index contributed by atoms with van der Waals surface area (Å²) in [6.07, 6.45) is 0. The van der Waals surface area contributed by atoms with E-state index in [1.54, 1.807) is 60.7 Å². The quantitative estimate of drug-likeness (QED) is 0.763. The van der Waals surface area contributed by atoms with E-state index in [2.05, 4.69) is 4.98 Å². The first-order chi connectivity index (χ1) is 11.6. The summed E-state index contributed by atoms with van der Waals surface area (Å²) in [7, 11) is 0. The lowest BCUT2D eigenvalue weighted by atomic mass is 9.95. The first-order valence-electron chi connectivity index (χ1n) is 7.20. The Morgan fingerprint density at radius 2 is 1.29 bits per heavy atom. The molecular weight excluding hydrogens is 306 g/mol. The molecule has 0 bridgehead atoms. The first-order valence-corrected chi connectivity index (χ1v) is 7.20. The minimum absolute atomic E-state index is 0.0163. The van der Waals surface area contributed by atoms with Crippen molar-refractivity contribution in [3.05, 3.63) is 78.0 Å². The van der Waals surface area contributed by atoms with Gasteiger partial charge in [-0.25, -0.2) is 14.6 Å². The number of rotatable bonds is 4. The van der Waals surface area contributed by atoms with Crippen LogP contribution in [0.15, 0.2) is 66.7 Å². The second kappa shape index (κ2) is 6.34. The lowest BCUT2D eigenvalue weighted by Crippen LogP contribution is -2.10. The summed E-state index contributed by atoms with van der Waals surface area (Å²) in [6, 6.07) is 18.8. The Morgan fingerprint density at radius 3 is 1.79 bits per heavy atom. The molecule has 0 aliphatic heterocycles. The van der Waals surface area contributed by atoms with Crippen molar-refractivity contribution in [3.63, 3.8) is 0 Å². The number of aromatic carboxylic acids is 2. The molecule has 24 heavy (non-hydrogen) atoms. The van der Waals surface area contributed by atoms with E-state index < -0.39 is 11.9 Å². The summed E-state index contributed by atoms with van der Waals surface area (Å²) in [5.74, 6) is -2.36. The van der Waals surface area contributed by atoms with Crippen molar-refractivity contribution in [2.24, 2.45) is 0 Å². The van der Waals surface area contributed by atoms with Crippen molar-refractivity contribution in [1.29, 1.82) is 0 Å². The summed E-state index contributed by atoms with van der Waals surface area (Å²) < 4.78 is 0. The molecule has 0 aliphatic rings. The summed E-state index contributed by atoms with van der Waals surface area (Å²) >= 11 is 0. The van der Waals surface area contributed by atoms with Gasteiger partial charge in [0.2, 0.25) is 0 Å². The molecule has 0 atom stereocenters. The Morgan fingerprint density at radius 1 is 0.750 bits per heavy atom. The third kappa shape index (κ3) is 2.87. The first kappa shape index (κ1) is 15.4. The van der Waals surface area contributed by atoms with Crippen LogP contribution in [0.4, 0.5) is 0 Å². The molecule has 0 amide bonds. The molecule has 5 nitrogen and oxygen atoms in total. The Kier molecular flexibility index (Phi) is 4.07. The average Bonchev–Trinajstić information content (AvgIpc) is 2.62. The van der Waals surface area contributed by atoms with Gasteiger partial charge in [-0.05, 0) is 11.6 Å². The topological polar surface area (TPSA) is 87.5 Å². The summed E-state index contributed by atoms with van der Waals surface area (Å²) in [5.41, 5.74) is 1.43. The highest BCUT2D eigenvalue weighted by Gasteiger charge is 2.22. The number of carboxylic acid groups (broad SMARTS) is 2. The fraction of sp³-hybridized carbons (Fsp3) is 0. The standard InChI is InChI=1S/C19H13NO4/c21-18(22)15-11-14(12-7-3-1-4-8-12)16(19(23)24)17(20-15)13-9-5-2-6-10-13/h1-11H,(H,21,22)(H,23,24). The molecular formula is C19H13NO4. The van der Waals surface area contributed by atoms with Gasteiger partial charge in [-0.3, -0.25) is 0 Å². The van der Waals surface area contributed by atoms with Crippen molar-refractivity contribution in [1.82, 2.24) is 4.98 Å². The van der Waals surface area contributed by atoms with Gasteiger partial charge in [0.15, 0.2) is 0 Å². The minimum atomic E-state index is -1.21. The van der Waals surface area contributed by atoms with E-state index in [9.17, 15) is 19.8 Å². The number of carbonyl (C=O) groups is 2. The zero-order valence-electron chi connectivity index (χ0n) is 12.5. The highest BCUT2D eigenvalue weighted by molar-refractivity contribution is 6.03. The van der Waals surface area contributed by atoms with E-state index in [0.29, 0.717) is 16.7 Å². The molecule has 118 valence electrons. The zero-order chi connectivity index (χ0) is 17.1. The van der Waals surface area contributed by atoms with Gasteiger partial charge in [-0.1, -0.05) is 60.7 Å². The molecule has 2 N–H and O–H groups in total. The molecule has 1 aromatic heterocycles. The van der Waals surface area contributed by atoms with Crippen LogP contribution in [0.25, 0.3) is 22.4 Å². The highest BCUT2D eigenvalue weighted by atomic mass is 16.4. The van der Waals surface area contributed by atoms with Gasteiger partial charge in [0.05, 0.1) is 11.3 Å². The van der Waals surface area contributed by atoms with E-state index in [-0.39, 0.29) is 17.0 Å². The van der Waals surface area contributed by atoms with E-state index in [0.717, 1.165) is 0 Å². The predicted molar refractivity (Wildman–Crippen MR) is 89.0 cm³/mol. The number of carboxylic acids is 2. The molecule has 3 rings (SSSR count). The second-order valence-electron chi connectivity index (χ2n) is 5.12. The summed E-state index contributed by atoms with van der Waals surface area (Å²) in [6.45, 7) is 0. The smallest absolute Gasteiger partial charge is 0.354 e. The maximum absolute atomic E-state index is 11.9. The van der Waals surface area contributed by atoms with Gasteiger partial charge in [-0.15, -0.1) is 0 Å². The molecule has 0 aliphatic carbocycles. The maximum Gasteiger partial charge on any atom is 0.354 e. The van der Waals surface area contributed by atoms with Gasteiger partial charge in [0, 0.05) is 11.1 Å². The van der Waals surface area contributed by atoms with Gasteiger partial charge in [-0.2, -0.15) is 0 Å². The molecule has 2 aromatic carbocycles. The van der Waals surface area contributed by atoms with Crippen molar-refractivity contribution in [2.75, 3.05) is 0 Å². The number of hydrogen-bond donors (Lipinski definition) is 2. The van der Waals surface area contributed by atoms with Crippen LogP contribution < -0.4 is 0 Å². The van der Waals surface area contributed by atoms with Crippen LogP contribution in [0.2, 0.25) is 0 Å². The molecule has 0 saturated carbocycles. The molecule has 3 aromatic rings. The largest absolute Gasteiger partial charge is 0.478 e. The van der Waals surface area contributed by atoms with Crippen molar-refractivity contribution in [3.8, 4) is 22.4 Å². The van der Waals surface area contributed by atoms with Gasteiger partial charge in [0.25, 0.3) is 0 Å². The number of hydrogen-bond acceptors (Lipinski definition) is 3. The summed E-state index contributed by atoms with van der Waals surface area (Å²) in [4.78, 5) is 27.4. The van der Waals surface area contributed by atoms with Crippen LogP contribution in [0.5, 0.6) is 0 Å². The van der Waals surface area contributed by atoms with Gasteiger partial charge >= 0.3 is 11.9 Å². The molecule has 5 heteroatoms. The summed E-state index contributed by atoms with van der Waals surface area (Å²) in [5, 5.41) is 19.1. The third-order valence-electron chi connectivity index (χ3n) is 3.58. The highest BCUT2D eigenvalue weighted by Crippen LogP contribution is 2.32. The normalized spacial score (nSPS) is 10.3. The van der Waals surface area contributed by atoms with E-state index in [4.69, 9.17) is 0 Å². The lowest BCUT2D eigenvalue weighted by Gasteiger charge is -2.13. The number of aromatic nitrogens is 1. The average molecular weight is 319 g/mol. The number of pyridine rings is 1. The monoisotopic (exact) mass is 319 g/mol. The van der Waals surface area contributed by atoms with Crippen LogP contribution in [-0.4, -0.2) is 27.1 Å². The molecule has 1 heterocycles. The number of nitrogens with zero attached hydrogens (tertiary/aromatic N) is 1. The van der Waals surface area contributed by atoms with Crippen LogP contribution in [0, 0.1) is 0 Å². The Balaban J connectivity index is 2.38. The maximum atomic E-state index is 11.9. The number of benzene rings is 2. The van der Waals surface area contributed by atoms with E-state index >= 15 is 0 Å². The van der Waals surface area contributed by atoms with E-state index in [1.807, 2.05) is 0 Å². The predicted octanol–water partition coefficient (Wildman–Crippen LogP) is 3.81. The Hall–Kier alpha value is -3.47. The van der Waals surface area contributed by atoms with Crippen LogP contribution in [0.1, 0.15) is 20.8 Å². The van der Waals surface area contributed by atoms with E-state index in [1.165, 1.54) is 6.07 Å². The fourth-order valence-electron chi connectivity index (χ4n) is 2.52. The molecule has 0 fully saturated rings. The molecule has 0 radical (unpaired) electrons. The van der Waals surface area contributed by atoms with Crippen LogP contribution in [0.3, 0.4) is 0 Å². The Bertz CT molecular complexity index is 845. The second-order valence-corrected chi connectivity index (χ2v) is 5.12. The lowest BCUT2D eigenvalue weighted by molar-refractivity contribution is 0.0677. The molecule has 0 unspecified atom stereocenters. The van der Waals surface area contributed by atoms with Crippen LogP contribution >= 0.6 is 0 Å². The molecule has 0 saturated heterocycles. The van der Waals surface area contributed by atoms with Crippen molar-refractivity contribution in [2.45, 2.75) is 0 Å². The van der Waals surface area contributed by atoms with Gasteiger partial charge < -0.3 is 10.2 Å². The van der Waals surface area contributed by atoms with Crippen molar-refractivity contribution >= 4 is 11.9 Å². The SMILES string of the molecule is O=C(O)c1cc(-c2ccccc2)c(C(=O)O)c(-c2ccccc2)n1. The minimum Gasteiger partial charge on any atom is -0.478 e. The molecule has 0 spiro atoms. The van der Waals surface area contributed by atoms with Gasteiger partial charge in [0.1, 0.15) is 5.69 Å². The fourth-order valence-corrected chi connectivity index (χ4v) is 2.52. The third-order valence-corrected chi connectivity index (χ3v) is 3.58. The van der Waals surface area contributed by atoms with Crippen LogP contribution in [-0.2, 0) is 0 Å². The Labute approximate surface area is 137 Å². The zero-order valence-corrected chi connectivity index (χ0v) is 12.5. The van der Waals surface area contributed by atoms with Crippen molar-refractivity contribution < 1.29 is 19.8 Å².